The van der Waals surface area contributed by atoms with Crippen LogP contribution in [0.1, 0.15) is 0 Å². The summed E-state index contributed by atoms with van der Waals surface area (Å²) in [4.78, 5) is 6.31. The van der Waals surface area contributed by atoms with Gasteiger partial charge in [-0.1, -0.05) is 0 Å². The molecule has 0 unspecified atom stereocenters. The summed E-state index contributed by atoms with van der Waals surface area (Å²) in [5, 5.41) is 8.83. The van der Waals surface area contributed by atoms with Gasteiger partial charge in [0.25, 0.3) is 0 Å². The molecule has 0 aromatic carbocycles. The molecule has 0 spiro atoms. The van der Waals surface area contributed by atoms with E-state index in [9.17, 15) is 0 Å². The zero-order valence-corrected chi connectivity index (χ0v) is 7.35. The number of aliphatic hydroxyl groups is 1. The van der Waals surface area contributed by atoms with E-state index in [4.69, 9.17) is 10.8 Å². The minimum Gasteiger partial charge on any atom is -0.397 e. The topological polar surface area (TPSA) is 62.4 Å². The lowest BCUT2D eigenvalue weighted by Gasteiger charge is -2.39. The fourth-order valence-corrected chi connectivity index (χ4v) is 1.46. The van der Waals surface area contributed by atoms with Gasteiger partial charge in [-0.05, 0) is 12.1 Å². The van der Waals surface area contributed by atoms with E-state index in [0.717, 1.165) is 18.9 Å². The van der Waals surface area contributed by atoms with Crippen molar-refractivity contribution in [3.05, 3.63) is 18.3 Å². The number of rotatable bonds is 2. The highest BCUT2D eigenvalue weighted by atomic mass is 16.3. The molecule has 0 bridgehead atoms. The maximum Gasteiger partial charge on any atom is 0.128 e. The summed E-state index contributed by atoms with van der Waals surface area (Å²) in [7, 11) is 0. The highest BCUT2D eigenvalue weighted by molar-refractivity contribution is 5.47. The lowest BCUT2D eigenvalue weighted by Crippen LogP contribution is -2.48. The van der Waals surface area contributed by atoms with Gasteiger partial charge in [0.05, 0.1) is 11.9 Å². The van der Waals surface area contributed by atoms with Gasteiger partial charge in [0.2, 0.25) is 0 Å². The number of hydrogen-bond donors (Lipinski definition) is 2. The van der Waals surface area contributed by atoms with Crippen LogP contribution in [0.2, 0.25) is 0 Å². The Labute approximate surface area is 77.0 Å². The van der Waals surface area contributed by atoms with E-state index < -0.39 is 0 Å². The van der Waals surface area contributed by atoms with Gasteiger partial charge in [0, 0.05) is 25.6 Å². The Morgan fingerprint density at radius 3 is 2.85 bits per heavy atom. The van der Waals surface area contributed by atoms with Crippen molar-refractivity contribution in [2.24, 2.45) is 5.92 Å². The third-order valence-electron chi connectivity index (χ3n) is 2.31. The Bertz CT molecular complexity index is 279. The van der Waals surface area contributed by atoms with Crippen molar-refractivity contribution in [2.45, 2.75) is 0 Å². The van der Waals surface area contributed by atoms with Crippen LogP contribution >= 0.6 is 0 Å². The quantitative estimate of drug-likeness (QED) is 0.675. The molecule has 4 heteroatoms. The minimum atomic E-state index is 0.269. The molecule has 1 aromatic rings. The predicted molar refractivity (Wildman–Crippen MR) is 51.4 cm³/mol. The highest BCUT2D eigenvalue weighted by Crippen LogP contribution is 2.22. The summed E-state index contributed by atoms with van der Waals surface area (Å²) < 4.78 is 0. The summed E-state index contributed by atoms with van der Waals surface area (Å²) in [6.45, 7) is 2.06. The molecular formula is C9H13N3O. The van der Waals surface area contributed by atoms with Crippen LogP contribution in [0.3, 0.4) is 0 Å². The normalized spacial score (nSPS) is 17.2. The highest BCUT2D eigenvalue weighted by Gasteiger charge is 2.26. The van der Waals surface area contributed by atoms with Gasteiger partial charge in [0.15, 0.2) is 0 Å². The Balaban J connectivity index is 1.99. The van der Waals surface area contributed by atoms with E-state index in [1.807, 2.05) is 12.1 Å². The van der Waals surface area contributed by atoms with E-state index in [1.165, 1.54) is 0 Å². The van der Waals surface area contributed by atoms with Crippen LogP contribution in [-0.4, -0.2) is 29.8 Å². The van der Waals surface area contributed by atoms with Crippen LogP contribution in [0, 0.1) is 5.92 Å². The average molecular weight is 179 g/mol. The Kier molecular flexibility index (Phi) is 2.06. The van der Waals surface area contributed by atoms with Gasteiger partial charge in [0.1, 0.15) is 5.82 Å². The van der Waals surface area contributed by atoms with Gasteiger partial charge < -0.3 is 15.7 Å². The second-order valence-electron chi connectivity index (χ2n) is 3.40. The molecular weight excluding hydrogens is 166 g/mol. The zero-order valence-electron chi connectivity index (χ0n) is 7.35. The smallest absolute Gasteiger partial charge is 0.128 e. The molecule has 2 heterocycles. The first-order valence-electron chi connectivity index (χ1n) is 4.37. The molecule has 0 aliphatic carbocycles. The second kappa shape index (κ2) is 3.22. The largest absolute Gasteiger partial charge is 0.397 e. The van der Waals surface area contributed by atoms with E-state index in [2.05, 4.69) is 9.88 Å². The second-order valence-corrected chi connectivity index (χ2v) is 3.40. The van der Waals surface area contributed by atoms with Gasteiger partial charge in [-0.3, -0.25) is 0 Å². The number of aliphatic hydroxyl groups excluding tert-OH is 1. The van der Waals surface area contributed by atoms with Crippen LogP contribution in [0.25, 0.3) is 0 Å². The first-order chi connectivity index (χ1) is 6.29. The maximum absolute atomic E-state index is 8.83. The van der Waals surface area contributed by atoms with Gasteiger partial charge in [-0.2, -0.15) is 0 Å². The van der Waals surface area contributed by atoms with Crippen molar-refractivity contribution in [3.8, 4) is 0 Å². The lowest BCUT2D eigenvalue weighted by molar-refractivity contribution is 0.200. The molecule has 0 radical (unpaired) electrons. The molecule has 1 saturated heterocycles. The maximum atomic E-state index is 8.83. The fourth-order valence-electron chi connectivity index (χ4n) is 1.46. The zero-order chi connectivity index (χ0) is 9.26. The van der Waals surface area contributed by atoms with Crippen molar-refractivity contribution in [1.82, 2.24) is 4.98 Å². The summed E-state index contributed by atoms with van der Waals surface area (Å²) >= 11 is 0. The molecule has 3 N–H and O–H groups in total. The van der Waals surface area contributed by atoms with Gasteiger partial charge in [-0.15, -0.1) is 0 Å². The summed E-state index contributed by atoms with van der Waals surface area (Å²) in [5.41, 5.74) is 6.20. The van der Waals surface area contributed by atoms with Crippen LogP contribution in [0.4, 0.5) is 11.5 Å². The molecule has 1 fully saturated rings. The Morgan fingerprint density at radius 2 is 2.31 bits per heavy atom. The number of aromatic nitrogens is 1. The first-order valence-corrected chi connectivity index (χ1v) is 4.37. The summed E-state index contributed by atoms with van der Waals surface area (Å²) in [6, 6.07) is 3.75. The van der Waals surface area contributed by atoms with Crippen molar-refractivity contribution in [2.75, 3.05) is 30.3 Å². The molecule has 1 aliphatic heterocycles. The van der Waals surface area contributed by atoms with Crippen molar-refractivity contribution in [3.63, 3.8) is 0 Å². The van der Waals surface area contributed by atoms with Crippen LogP contribution < -0.4 is 10.6 Å². The third-order valence-corrected chi connectivity index (χ3v) is 2.31. The van der Waals surface area contributed by atoms with E-state index in [0.29, 0.717) is 11.6 Å². The number of nitrogen functional groups attached to an aromatic ring is 1. The van der Waals surface area contributed by atoms with Crippen LogP contribution in [0.5, 0.6) is 0 Å². The van der Waals surface area contributed by atoms with Crippen LogP contribution in [0.15, 0.2) is 18.3 Å². The van der Waals surface area contributed by atoms with E-state index >= 15 is 0 Å². The molecule has 2 rings (SSSR count). The van der Waals surface area contributed by atoms with Crippen molar-refractivity contribution >= 4 is 11.5 Å². The molecule has 0 saturated carbocycles. The number of pyridine rings is 1. The van der Waals surface area contributed by atoms with Gasteiger partial charge >= 0.3 is 0 Å². The molecule has 0 amide bonds. The Hall–Kier alpha value is -1.29. The minimum absolute atomic E-state index is 0.269. The molecule has 1 aliphatic rings. The number of hydrogen-bond acceptors (Lipinski definition) is 4. The average Bonchev–Trinajstić information content (AvgIpc) is 2.06. The van der Waals surface area contributed by atoms with Gasteiger partial charge in [-0.25, -0.2) is 4.98 Å². The molecule has 4 nitrogen and oxygen atoms in total. The monoisotopic (exact) mass is 179 g/mol. The van der Waals surface area contributed by atoms with Crippen molar-refractivity contribution in [1.29, 1.82) is 0 Å². The number of nitrogens with two attached hydrogens (primary N) is 1. The lowest BCUT2D eigenvalue weighted by atomic mass is 10.0. The standard InChI is InChI=1S/C9H13N3O/c10-8-1-2-9(11-3-8)12-4-7(5-12)6-13/h1-3,7,13H,4-6,10H2. The first kappa shape index (κ1) is 8.31. The Morgan fingerprint density at radius 1 is 1.54 bits per heavy atom. The molecule has 70 valence electrons. The molecule has 1 aromatic heterocycles. The van der Waals surface area contributed by atoms with E-state index in [-0.39, 0.29) is 6.61 Å². The third kappa shape index (κ3) is 1.58. The van der Waals surface area contributed by atoms with Crippen LogP contribution in [-0.2, 0) is 0 Å². The number of anilines is 2. The SMILES string of the molecule is Nc1ccc(N2CC(CO)C2)nc1. The molecule has 0 atom stereocenters. The number of nitrogens with zero attached hydrogens (tertiary/aromatic N) is 2. The summed E-state index contributed by atoms with van der Waals surface area (Å²) in [5.74, 6) is 1.36. The fraction of sp³-hybridized carbons (Fsp3) is 0.444. The molecule has 13 heavy (non-hydrogen) atoms. The van der Waals surface area contributed by atoms with E-state index in [1.54, 1.807) is 6.20 Å². The summed E-state index contributed by atoms with van der Waals surface area (Å²) in [6.07, 6.45) is 1.65. The van der Waals surface area contributed by atoms with Crippen molar-refractivity contribution < 1.29 is 5.11 Å². The predicted octanol–water partition coefficient (Wildman–Crippen LogP) is 0.0923.